The van der Waals surface area contributed by atoms with Crippen molar-refractivity contribution in [1.82, 2.24) is 9.55 Å². The molecule has 0 aliphatic rings. The van der Waals surface area contributed by atoms with Gasteiger partial charge in [0.2, 0.25) is 0 Å². The maximum Gasteiger partial charge on any atom is 0.446 e. The van der Waals surface area contributed by atoms with Crippen LogP contribution in [0.5, 0.6) is 5.75 Å². The Morgan fingerprint density at radius 2 is 1.85 bits per heavy atom. The largest absolute Gasteiger partial charge is 0.446 e. The molecule has 0 fully saturated rings. The van der Waals surface area contributed by atoms with Crippen molar-refractivity contribution in [1.29, 1.82) is 0 Å². The number of hydrogen-bond donors (Lipinski definition) is 1. The lowest BCUT2D eigenvalue weighted by Gasteiger charge is -2.04. The molecular weight excluding hydrogens is 280 g/mol. The Hall–Kier alpha value is -2.38. The molecular formula is C13H10N2O4S. The zero-order valence-electron chi connectivity index (χ0n) is 10.2. The molecule has 0 saturated carbocycles. The average Bonchev–Trinajstić information content (AvgIpc) is 2.81. The van der Waals surface area contributed by atoms with E-state index in [-0.39, 0.29) is 5.75 Å². The minimum absolute atomic E-state index is 0.0123. The number of hydrogen-bond acceptors (Lipinski definition) is 4. The van der Waals surface area contributed by atoms with Crippen molar-refractivity contribution in [2.45, 2.75) is 0 Å². The first-order valence-electron chi connectivity index (χ1n) is 5.72. The van der Waals surface area contributed by atoms with Crippen LogP contribution in [-0.4, -0.2) is 22.5 Å². The highest BCUT2D eigenvalue weighted by atomic mass is 32.3. The van der Waals surface area contributed by atoms with Crippen molar-refractivity contribution in [3.05, 3.63) is 54.9 Å². The second kappa shape index (κ2) is 4.62. The Morgan fingerprint density at radius 1 is 1.10 bits per heavy atom. The highest BCUT2D eigenvalue weighted by Gasteiger charge is 2.10. The minimum Gasteiger partial charge on any atom is -0.362 e. The van der Waals surface area contributed by atoms with Crippen LogP contribution < -0.4 is 4.18 Å². The summed E-state index contributed by atoms with van der Waals surface area (Å²) in [6.07, 6.45) is 1.64. The van der Waals surface area contributed by atoms with E-state index in [1.807, 2.05) is 34.9 Å². The molecule has 0 unspecified atom stereocenters. The molecule has 102 valence electrons. The van der Waals surface area contributed by atoms with E-state index < -0.39 is 10.4 Å². The normalized spacial score (nSPS) is 11.7. The van der Waals surface area contributed by atoms with Gasteiger partial charge >= 0.3 is 10.4 Å². The van der Waals surface area contributed by atoms with Gasteiger partial charge in [0.1, 0.15) is 12.1 Å². The van der Waals surface area contributed by atoms with Gasteiger partial charge < -0.3 is 4.18 Å². The number of rotatable bonds is 3. The lowest BCUT2D eigenvalue weighted by atomic mass is 10.2. The summed E-state index contributed by atoms with van der Waals surface area (Å²) in [5.74, 6) is 0.0123. The van der Waals surface area contributed by atoms with Crippen LogP contribution in [0.25, 0.3) is 16.7 Å². The van der Waals surface area contributed by atoms with Crippen molar-refractivity contribution in [2.75, 3.05) is 0 Å². The first-order valence-corrected chi connectivity index (χ1v) is 7.09. The summed E-state index contributed by atoms with van der Waals surface area (Å²) in [6.45, 7) is 0. The van der Waals surface area contributed by atoms with Crippen LogP contribution in [0.2, 0.25) is 0 Å². The van der Waals surface area contributed by atoms with E-state index in [4.69, 9.17) is 4.55 Å². The second-order valence-electron chi connectivity index (χ2n) is 4.11. The second-order valence-corrected chi connectivity index (χ2v) is 5.13. The fraction of sp³-hybridized carbons (Fsp3) is 0. The van der Waals surface area contributed by atoms with Gasteiger partial charge in [0.15, 0.2) is 0 Å². The third-order valence-electron chi connectivity index (χ3n) is 2.75. The Balaban J connectivity index is 2.07. The topological polar surface area (TPSA) is 81.4 Å². The van der Waals surface area contributed by atoms with Crippen molar-refractivity contribution in [3.8, 4) is 11.4 Å². The summed E-state index contributed by atoms with van der Waals surface area (Å²) in [4.78, 5) is 4.19. The predicted molar refractivity (Wildman–Crippen MR) is 73.2 cm³/mol. The molecule has 0 spiro atoms. The predicted octanol–water partition coefficient (Wildman–Crippen LogP) is 2.21. The lowest BCUT2D eigenvalue weighted by Crippen LogP contribution is -2.06. The monoisotopic (exact) mass is 290 g/mol. The number of aromatic nitrogens is 2. The van der Waals surface area contributed by atoms with Crippen molar-refractivity contribution in [3.63, 3.8) is 0 Å². The van der Waals surface area contributed by atoms with E-state index in [9.17, 15) is 8.42 Å². The van der Waals surface area contributed by atoms with E-state index in [1.165, 1.54) is 12.1 Å². The SMILES string of the molecule is O=S(=O)(O)Oc1ccc2c(c1)ncn2-c1ccccc1. The zero-order valence-corrected chi connectivity index (χ0v) is 11.0. The van der Waals surface area contributed by atoms with Crippen LogP contribution in [0.3, 0.4) is 0 Å². The molecule has 0 bridgehead atoms. The third-order valence-corrected chi connectivity index (χ3v) is 3.16. The van der Waals surface area contributed by atoms with Gasteiger partial charge in [-0.1, -0.05) is 18.2 Å². The van der Waals surface area contributed by atoms with Crippen molar-refractivity contribution < 1.29 is 17.2 Å². The van der Waals surface area contributed by atoms with E-state index in [0.717, 1.165) is 11.2 Å². The summed E-state index contributed by atoms with van der Waals surface area (Å²) in [5.41, 5.74) is 2.31. The zero-order chi connectivity index (χ0) is 14.2. The third kappa shape index (κ3) is 2.49. The van der Waals surface area contributed by atoms with Crippen LogP contribution >= 0.6 is 0 Å². The number of para-hydroxylation sites is 1. The molecule has 0 aliphatic heterocycles. The minimum atomic E-state index is -4.53. The summed E-state index contributed by atoms with van der Waals surface area (Å²) in [7, 11) is -4.53. The Kier molecular flexibility index (Phi) is 2.92. The number of imidazole rings is 1. The molecule has 0 saturated heterocycles. The van der Waals surface area contributed by atoms with Crippen LogP contribution in [0.1, 0.15) is 0 Å². The lowest BCUT2D eigenvalue weighted by molar-refractivity contribution is 0.387. The molecule has 3 rings (SSSR count). The fourth-order valence-electron chi connectivity index (χ4n) is 1.96. The molecule has 6 nitrogen and oxygen atoms in total. The highest BCUT2D eigenvalue weighted by Crippen LogP contribution is 2.23. The Morgan fingerprint density at radius 3 is 2.55 bits per heavy atom. The Labute approximate surface area is 115 Å². The Bertz CT molecular complexity index is 856. The molecule has 20 heavy (non-hydrogen) atoms. The van der Waals surface area contributed by atoms with Gasteiger partial charge in [-0.25, -0.2) is 4.98 Å². The van der Waals surface area contributed by atoms with E-state index in [0.29, 0.717) is 5.52 Å². The number of fused-ring (bicyclic) bond motifs is 1. The highest BCUT2D eigenvalue weighted by molar-refractivity contribution is 7.81. The molecule has 1 heterocycles. The molecule has 1 N–H and O–H groups in total. The van der Waals surface area contributed by atoms with Crippen LogP contribution in [-0.2, 0) is 10.4 Å². The maximum absolute atomic E-state index is 10.7. The van der Waals surface area contributed by atoms with Crippen molar-refractivity contribution >= 4 is 21.4 Å². The van der Waals surface area contributed by atoms with Gasteiger partial charge in [0.05, 0.1) is 11.0 Å². The van der Waals surface area contributed by atoms with E-state index in [1.54, 1.807) is 12.4 Å². The summed E-state index contributed by atoms with van der Waals surface area (Å²) in [5, 5.41) is 0. The van der Waals surface area contributed by atoms with Crippen LogP contribution in [0.4, 0.5) is 0 Å². The molecule has 7 heteroatoms. The van der Waals surface area contributed by atoms with Crippen LogP contribution in [0.15, 0.2) is 54.9 Å². The molecule has 0 radical (unpaired) electrons. The van der Waals surface area contributed by atoms with E-state index in [2.05, 4.69) is 9.17 Å². The van der Waals surface area contributed by atoms with Gasteiger partial charge in [0.25, 0.3) is 0 Å². The van der Waals surface area contributed by atoms with Gasteiger partial charge in [0, 0.05) is 11.8 Å². The van der Waals surface area contributed by atoms with Gasteiger partial charge in [-0.3, -0.25) is 9.12 Å². The molecule has 2 aromatic carbocycles. The van der Waals surface area contributed by atoms with Gasteiger partial charge in [-0.15, -0.1) is 0 Å². The average molecular weight is 290 g/mol. The molecule has 1 aromatic heterocycles. The standard InChI is InChI=1S/C13H10N2O4S/c16-20(17,18)19-11-6-7-13-12(8-11)14-9-15(13)10-4-2-1-3-5-10/h1-9H,(H,16,17,18). The van der Waals surface area contributed by atoms with Gasteiger partial charge in [-0.2, -0.15) is 8.42 Å². The van der Waals surface area contributed by atoms with E-state index >= 15 is 0 Å². The van der Waals surface area contributed by atoms with Crippen LogP contribution in [0, 0.1) is 0 Å². The van der Waals surface area contributed by atoms with Crippen molar-refractivity contribution in [2.24, 2.45) is 0 Å². The first-order chi connectivity index (χ1) is 9.53. The maximum atomic E-state index is 10.7. The fourth-order valence-corrected chi connectivity index (χ4v) is 2.31. The summed E-state index contributed by atoms with van der Waals surface area (Å²) >= 11 is 0. The number of benzene rings is 2. The molecule has 0 aliphatic carbocycles. The summed E-state index contributed by atoms with van der Waals surface area (Å²) < 4.78 is 36.3. The quantitative estimate of drug-likeness (QED) is 0.748. The smallest absolute Gasteiger partial charge is 0.362 e. The molecule has 3 aromatic rings. The summed E-state index contributed by atoms with van der Waals surface area (Å²) in [6, 6.07) is 14.2. The van der Waals surface area contributed by atoms with Gasteiger partial charge in [-0.05, 0) is 24.3 Å². The first kappa shape index (κ1) is 12.6. The molecule has 0 amide bonds. The number of nitrogens with zero attached hydrogens (tertiary/aromatic N) is 2. The molecule has 0 atom stereocenters.